The van der Waals surface area contributed by atoms with Crippen LogP contribution in [-0.4, -0.2) is 42.5 Å². The molecule has 2 aliphatic heterocycles. The lowest BCUT2D eigenvalue weighted by Gasteiger charge is -2.23. The molecule has 0 unspecified atom stereocenters. The predicted octanol–water partition coefficient (Wildman–Crippen LogP) is 1.47. The van der Waals surface area contributed by atoms with Crippen LogP contribution in [0.4, 0.5) is 5.82 Å². The van der Waals surface area contributed by atoms with Gasteiger partial charge in [-0.1, -0.05) is 12.8 Å². The van der Waals surface area contributed by atoms with Gasteiger partial charge in [-0.2, -0.15) is 0 Å². The van der Waals surface area contributed by atoms with Gasteiger partial charge in [-0.15, -0.1) is 0 Å². The summed E-state index contributed by atoms with van der Waals surface area (Å²) < 4.78 is 0. The van der Waals surface area contributed by atoms with E-state index in [1.54, 1.807) is 12.3 Å². The smallest absolute Gasteiger partial charge is 0.253 e. The summed E-state index contributed by atoms with van der Waals surface area (Å²) in [5, 5.41) is 5.56. The van der Waals surface area contributed by atoms with Gasteiger partial charge in [0.25, 0.3) is 5.91 Å². The second kappa shape index (κ2) is 7.44. The molecule has 2 aliphatic rings. The molecule has 0 radical (unpaired) electrons. The molecule has 1 atom stereocenters. The number of carbonyl (C=O) groups excluding carboxylic acids is 2. The number of rotatable bonds is 3. The predicted molar refractivity (Wildman–Crippen MR) is 88.4 cm³/mol. The molecular formula is C17H24N4O2. The Labute approximate surface area is 136 Å². The average Bonchev–Trinajstić information content (AvgIpc) is 2.86. The van der Waals surface area contributed by atoms with Gasteiger partial charge in [0.05, 0.1) is 5.56 Å². The van der Waals surface area contributed by atoms with Crippen LogP contribution < -0.4 is 15.5 Å². The van der Waals surface area contributed by atoms with Crippen molar-refractivity contribution in [1.82, 2.24) is 15.6 Å². The fourth-order valence-electron chi connectivity index (χ4n) is 3.16. The highest BCUT2D eigenvalue weighted by Gasteiger charge is 2.24. The summed E-state index contributed by atoms with van der Waals surface area (Å²) in [6.45, 7) is 2.75. The number of hydrogen-bond donors (Lipinski definition) is 2. The van der Waals surface area contributed by atoms with E-state index in [-0.39, 0.29) is 11.8 Å². The van der Waals surface area contributed by atoms with Crippen molar-refractivity contribution in [3.63, 3.8) is 0 Å². The van der Waals surface area contributed by atoms with E-state index in [9.17, 15) is 9.59 Å². The molecule has 1 aromatic rings. The Bertz CT molecular complexity index is 550. The first kappa shape index (κ1) is 15.8. The van der Waals surface area contributed by atoms with Crippen LogP contribution in [0.1, 0.15) is 48.9 Å². The lowest BCUT2D eigenvalue weighted by molar-refractivity contribution is -0.124. The van der Waals surface area contributed by atoms with Crippen molar-refractivity contribution in [3.05, 3.63) is 23.9 Å². The van der Waals surface area contributed by atoms with Crippen molar-refractivity contribution in [1.29, 1.82) is 0 Å². The maximum atomic E-state index is 12.3. The monoisotopic (exact) mass is 316 g/mol. The van der Waals surface area contributed by atoms with Crippen LogP contribution in [0.15, 0.2) is 18.3 Å². The fourth-order valence-corrected chi connectivity index (χ4v) is 3.16. The van der Waals surface area contributed by atoms with Gasteiger partial charge < -0.3 is 15.5 Å². The zero-order chi connectivity index (χ0) is 16.1. The number of amides is 2. The molecule has 0 saturated carbocycles. The Morgan fingerprint density at radius 3 is 2.61 bits per heavy atom. The summed E-state index contributed by atoms with van der Waals surface area (Å²) in [6, 6.07) is 3.27. The number of carbonyl (C=O) groups is 2. The molecule has 23 heavy (non-hydrogen) atoms. The maximum absolute atomic E-state index is 12.3. The summed E-state index contributed by atoms with van der Waals surface area (Å²) in [6.07, 6.45) is 8.14. The normalized spacial score (nSPS) is 22.2. The summed E-state index contributed by atoms with van der Waals surface area (Å²) in [5.41, 5.74) is 0.502. The van der Waals surface area contributed by atoms with E-state index in [0.717, 1.165) is 25.3 Å². The van der Waals surface area contributed by atoms with Crippen molar-refractivity contribution < 1.29 is 9.59 Å². The van der Waals surface area contributed by atoms with Gasteiger partial charge in [0.1, 0.15) is 11.9 Å². The van der Waals surface area contributed by atoms with E-state index >= 15 is 0 Å². The largest absolute Gasteiger partial charge is 0.357 e. The van der Waals surface area contributed by atoms with E-state index in [4.69, 9.17) is 0 Å². The van der Waals surface area contributed by atoms with Gasteiger partial charge >= 0.3 is 0 Å². The van der Waals surface area contributed by atoms with Crippen LogP contribution >= 0.6 is 0 Å². The second-order valence-corrected chi connectivity index (χ2v) is 6.27. The zero-order valence-electron chi connectivity index (χ0n) is 13.4. The molecule has 1 aromatic heterocycles. The highest BCUT2D eigenvalue weighted by Crippen LogP contribution is 2.17. The molecular weight excluding hydrogens is 292 g/mol. The zero-order valence-corrected chi connectivity index (χ0v) is 13.4. The van der Waals surface area contributed by atoms with Crippen LogP contribution in [0.5, 0.6) is 0 Å². The molecule has 2 saturated heterocycles. The van der Waals surface area contributed by atoms with Gasteiger partial charge in [0.2, 0.25) is 5.91 Å². The SMILES string of the molecule is O=C(N[C@@H]1CCCNC1=O)c1ccc(N2CCCCCC2)nc1. The maximum Gasteiger partial charge on any atom is 0.253 e. The number of hydrogen-bond acceptors (Lipinski definition) is 4. The minimum absolute atomic E-state index is 0.0984. The summed E-state index contributed by atoms with van der Waals surface area (Å²) in [7, 11) is 0. The lowest BCUT2D eigenvalue weighted by atomic mass is 10.1. The van der Waals surface area contributed by atoms with Gasteiger partial charge in [0, 0.05) is 25.8 Å². The number of nitrogens with one attached hydrogen (secondary N) is 2. The Morgan fingerprint density at radius 1 is 1.17 bits per heavy atom. The molecule has 0 spiro atoms. The topological polar surface area (TPSA) is 74.3 Å². The molecule has 2 amide bonds. The van der Waals surface area contributed by atoms with Gasteiger partial charge in [0.15, 0.2) is 0 Å². The van der Waals surface area contributed by atoms with Crippen LogP contribution in [0.25, 0.3) is 0 Å². The van der Waals surface area contributed by atoms with Gasteiger partial charge in [-0.05, 0) is 37.8 Å². The molecule has 124 valence electrons. The summed E-state index contributed by atoms with van der Waals surface area (Å²) in [4.78, 5) is 30.7. The molecule has 0 bridgehead atoms. The molecule has 2 fully saturated rings. The number of pyridine rings is 1. The molecule has 6 heteroatoms. The first-order valence-electron chi connectivity index (χ1n) is 8.53. The van der Waals surface area contributed by atoms with Crippen molar-refractivity contribution >= 4 is 17.6 Å². The van der Waals surface area contributed by atoms with Crippen LogP contribution in [0.3, 0.4) is 0 Å². The van der Waals surface area contributed by atoms with Crippen LogP contribution in [0.2, 0.25) is 0 Å². The van der Waals surface area contributed by atoms with Crippen molar-refractivity contribution in [2.75, 3.05) is 24.5 Å². The number of anilines is 1. The van der Waals surface area contributed by atoms with Crippen molar-refractivity contribution in [3.8, 4) is 0 Å². The minimum Gasteiger partial charge on any atom is -0.357 e. The van der Waals surface area contributed by atoms with E-state index < -0.39 is 6.04 Å². The Morgan fingerprint density at radius 2 is 1.96 bits per heavy atom. The average molecular weight is 316 g/mol. The Kier molecular flexibility index (Phi) is 5.10. The lowest BCUT2D eigenvalue weighted by Crippen LogP contribution is -2.50. The minimum atomic E-state index is -0.429. The Hall–Kier alpha value is -2.11. The molecule has 3 heterocycles. The van der Waals surface area contributed by atoms with Crippen LogP contribution in [0, 0.1) is 0 Å². The molecule has 6 nitrogen and oxygen atoms in total. The summed E-state index contributed by atoms with van der Waals surface area (Å²) in [5.74, 6) is 0.597. The molecule has 2 N–H and O–H groups in total. The second-order valence-electron chi connectivity index (χ2n) is 6.27. The van der Waals surface area contributed by atoms with E-state index in [1.165, 1.54) is 25.7 Å². The van der Waals surface area contributed by atoms with Crippen molar-refractivity contribution in [2.24, 2.45) is 0 Å². The first-order valence-corrected chi connectivity index (χ1v) is 8.53. The van der Waals surface area contributed by atoms with Gasteiger partial charge in [-0.3, -0.25) is 9.59 Å². The fraction of sp³-hybridized carbons (Fsp3) is 0.588. The van der Waals surface area contributed by atoms with Crippen LogP contribution in [-0.2, 0) is 4.79 Å². The van der Waals surface area contributed by atoms with Gasteiger partial charge in [-0.25, -0.2) is 4.98 Å². The third kappa shape index (κ3) is 4.00. The quantitative estimate of drug-likeness (QED) is 0.885. The van der Waals surface area contributed by atoms with Crippen molar-refractivity contribution in [2.45, 2.75) is 44.6 Å². The van der Waals surface area contributed by atoms with E-state index in [0.29, 0.717) is 18.5 Å². The molecule has 3 rings (SSSR count). The highest BCUT2D eigenvalue weighted by molar-refractivity contribution is 5.97. The Balaban J connectivity index is 1.61. The first-order chi connectivity index (χ1) is 11.2. The standard InChI is InChI=1S/C17H24N4O2/c22-16(20-14-6-5-9-18-17(14)23)13-7-8-15(19-12-13)21-10-3-1-2-4-11-21/h7-8,12,14H,1-6,9-11H2,(H,18,23)(H,20,22)/t14-/m1/s1. The van der Waals surface area contributed by atoms with E-state index in [1.807, 2.05) is 6.07 Å². The molecule has 0 aliphatic carbocycles. The number of aromatic nitrogens is 1. The number of piperidine rings is 1. The van der Waals surface area contributed by atoms with E-state index in [2.05, 4.69) is 20.5 Å². The third-order valence-corrected chi connectivity index (χ3v) is 4.53. The summed E-state index contributed by atoms with van der Waals surface area (Å²) >= 11 is 0. The molecule has 0 aromatic carbocycles. The third-order valence-electron chi connectivity index (χ3n) is 4.53. The number of nitrogens with zero attached hydrogens (tertiary/aromatic N) is 2. The highest BCUT2D eigenvalue weighted by atomic mass is 16.2.